The molecule has 0 aliphatic rings. The molecule has 2 rings (SSSR count). The SMILES string of the molecule is CNC(c1ccccc1)c1ccccc1C(C)(C)C. The zero-order valence-corrected chi connectivity index (χ0v) is 12.3. The maximum absolute atomic E-state index is 3.45. The van der Waals surface area contributed by atoms with E-state index in [1.54, 1.807) is 0 Å². The van der Waals surface area contributed by atoms with Crippen LogP contribution in [0, 0.1) is 0 Å². The van der Waals surface area contributed by atoms with E-state index in [4.69, 9.17) is 0 Å². The molecule has 0 saturated heterocycles. The van der Waals surface area contributed by atoms with Crippen molar-refractivity contribution in [3.05, 3.63) is 71.3 Å². The van der Waals surface area contributed by atoms with Gasteiger partial charge in [0.25, 0.3) is 0 Å². The van der Waals surface area contributed by atoms with Crippen LogP contribution >= 0.6 is 0 Å². The van der Waals surface area contributed by atoms with Crippen molar-refractivity contribution >= 4 is 0 Å². The van der Waals surface area contributed by atoms with E-state index >= 15 is 0 Å². The van der Waals surface area contributed by atoms with Crippen LogP contribution in [0.15, 0.2) is 54.6 Å². The number of hydrogen-bond donors (Lipinski definition) is 1. The minimum Gasteiger partial charge on any atom is -0.309 e. The summed E-state index contributed by atoms with van der Waals surface area (Å²) in [5.41, 5.74) is 4.23. The van der Waals surface area contributed by atoms with Gasteiger partial charge >= 0.3 is 0 Å². The first-order valence-electron chi connectivity index (χ1n) is 6.85. The molecule has 1 unspecified atom stereocenters. The van der Waals surface area contributed by atoms with Gasteiger partial charge in [-0.15, -0.1) is 0 Å². The largest absolute Gasteiger partial charge is 0.309 e. The molecule has 0 fully saturated rings. The molecule has 0 amide bonds. The van der Waals surface area contributed by atoms with Gasteiger partial charge in [-0.3, -0.25) is 0 Å². The zero-order valence-electron chi connectivity index (χ0n) is 12.3. The third-order valence-corrected chi connectivity index (χ3v) is 3.50. The molecule has 0 spiro atoms. The summed E-state index contributed by atoms with van der Waals surface area (Å²) >= 11 is 0. The second-order valence-electron chi connectivity index (χ2n) is 5.97. The fourth-order valence-corrected chi connectivity index (χ4v) is 2.58. The van der Waals surface area contributed by atoms with Gasteiger partial charge in [0.1, 0.15) is 0 Å². The average Bonchev–Trinajstić information content (AvgIpc) is 2.40. The molecule has 0 bridgehead atoms. The van der Waals surface area contributed by atoms with Gasteiger partial charge < -0.3 is 5.32 Å². The number of rotatable bonds is 3. The molecule has 0 heterocycles. The molecule has 1 nitrogen and oxygen atoms in total. The van der Waals surface area contributed by atoms with Crippen LogP contribution in [0.5, 0.6) is 0 Å². The monoisotopic (exact) mass is 253 g/mol. The number of nitrogens with one attached hydrogen (secondary N) is 1. The molecule has 2 aromatic rings. The van der Waals surface area contributed by atoms with Gasteiger partial charge in [0, 0.05) is 0 Å². The van der Waals surface area contributed by atoms with E-state index in [1.807, 2.05) is 7.05 Å². The zero-order chi connectivity index (χ0) is 13.9. The van der Waals surface area contributed by atoms with Crippen LogP contribution < -0.4 is 5.32 Å². The summed E-state index contributed by atoms with van der Waals surface area (Å²) in [6, 6.07) is 19.6. The van der Waals surface area contributed by atoms with Crippen molar-refractivity contribution in [3.8, 4) is 0 Å². The fourth-order valence-electron chi connectivity index (χ4n) is 2.58. The Balaban J connectivity index is 2.51. The molecule has 2 aromatic carbocycles. The Morgan fingerprint density at radius 3 is 2.00 bits per heavy atom. The molecular weight excluding hydrogens is 230 g/mol. The van der Waals surface area contributed by atoms with Gasteiger partial charge in [-0.1, -0.05) is 75.4 Å². The van der Waals surface area contributed by atoms with Gasteiger partial charge in [0.2, 0.25) is 0 Å². The highest BCUT2D eigenvalue weighted by Crippen LogP contribution is 2.32. The van der Waals surface area contributed by atoms with Crippen molar-refractivity contribution in [3.63, 3.8) is 0 Å². The molecule has 100 valence electrons. The molecule has 19 heavy (non-hydrogen) atoms. The standard InChI is InChI=1S/C18H23N/c1-18(2,3)16-13-9-8-12-15(16)17(19-4)14-10-6-5-7-11-14/h5-13,17,19H,1-4H3. The molecule has 0 aromatic heterocycles. The van der Waals surface area contributed by atoms with Crippen LogP contribution in [0.4, 0.5) is 0 Å². The first-order chi connectivity index (χ1) is 9.04. The Morgan fingerprint density at radius 1 is 0.842 bits per heavy atom. The molecule has 1 heteroatoms. The topological polar surface area (TPSA) is 12.0 Å². The molecule has 0 aliphatic carbocycles. The third kappa shape index (κ3) is 3.05. The summed E-state index contributed by atoms with van der Waals surface area (Å²) in [4.78, 5) is 0. The van der Waals surface area contributed by atoms with Gasteiger partial charge in [-0.05, 0) is 29.2 Å². The molecular formula is C18H23N. The van der Waals surface area contributed by atoms with Gasteiger partial charge in [-0.2, -0.15) is 0 Å². The Kier molecular flexibility index (Phi) is 4.06. The van der Waals surface area contributed by atoms with E-state index in [0.29, 0.717) is 0 Å². The smallest absolute Gasteiger partial charge is 0.0577 e. The predicted octanol–water partition coefficient (Wildman–Crippen LogP) is 4.29. The van der Waals surface area contributed by atoms with Crippen LogP contribution in [-0.4, -0.2) is 7.05 Å². The second kappa shape index (κ2) is 5.58. The van der Waals surface area contributed by atoms with Gasteiger partial charge in [-0.25, -0.2) is 0 Å². The molecule has 0 radical (unpaired) electrons. The van der Waals surface area contributed by atoms with E-state index in [2.05, 4.69) is 80.7 Å². The van der Waals surface area contributed by atoms with Crippen molar-refractivity contribution in [1.82, 2.24) is 5.32 Å². The predicted molar refractivity (Wildman–Crippen MR) is 82.5 cm³/mol. The van der Waals surface area contributed by atoms with E-state index in [1.165, 1.54) is 16.7 Å². The Morgan fingerprint density at radius 2 is 1.42 bits per heavy atom. The summed E-state index contributed by atoms with van der Waals surface area (Å²) < 4.78 is 0. The van der Waals surface area contributed by atoms with Gasteiger partial charge in [0.05, 0.1) is 6.04 Å². The fraction of sp³-hybridized carbons (Fsp3) is 0.333. The summed E-state index contributed by atoms with van der Waals surface area (Å²) in [5, 5.41) is 3.45. The van der Waals surface area contributed by atoms with Crippen molar-refractivity contribution in [2.24, 2.45) is 0 Å². The van der Waals surface area contributed by atoms with Gasteiger partial charge in [0.15, 0.2) is 0 Å². The summed E-state index contributed by atoms with van der Waals surface area (Å²) in [5.74, 6) is 0. The average molecular weight is 253 g/mol. The highest BCUT2D eigenvalue weighted by molar-refractivity contribution is 5.40. The molecule has 0 aliphatic heterocycles. The maximum Gasteiger partial charge on any atom is 0.0577 e. The van der Waals surface area contributed by atoms with Crippen LogP contribution in [-0.2, 0) is 5.41 Å². The Labute approximate surface area is 116 Å². The summed E-state index contributed by atoms with van der Waals surface area (Å²) in [6.45, 7) is 6.80. The first kappa shape index (κ1) is 13.8. The lowest BCUT2D eigenvalue weighted by Gasteiger charge is -2.27. The van der Waals surface area contributed by atoms with Crippen molar-refractivity contribution < 1.29 is 0 Å². The van der Waals surface area contributed by atoms with Crippen molar-refractivity contribution in [2.75, 3.05) is 7.05 Å². The van der Waals surface area contributed by atoms with E-state index in [0.717, 1.165) is 0 Å². The van der Waals surface area contributed by atoms with E-state index < -0.39 is 0 Å². The Bertz CT molecular complexity index is 523. The van der Waals surface area contributed by atoms with Crippen molar-refractivity contribution in [1.29, 1.82) is 0 Å². The minimum atomic E-state index is 0.153. The minimum absolute atomic E-state index is 0.153. The number of benzene rings is 2. The quantitative estimate of drug-likeness (QED) is 0.860. The molecule has 1 atom stereocenters. The highest BCUT2D eigenvalue weighted by atomic mass is 14.9. The summed E-state index contributed by atoms with van der Waals surface area (Å²) in [7, 11) is 2.02. The third-order valence-electron chi connectivity index (χ3n) is 3.50. The van der Waals surface area contributed by atoms with Crippen LogP contribution in [0.25, 0.3) is 0 Å². The van der Waals surface area contributed by atoms with Crippen LogP contribution in [0.2, 0.25) is 0 Å². The molecule has 0 saturated carbocycles. The summed E-state index contributed by atoms with van der Waals surface area (Å²) in [6.07, 6.45) is 0. The van der Waals surface area contributed by atoms with Crippen LogP contribution in [0.3, 0.4) is 0 Å². The van der Waals surface area contributed by atoms with E-state index in [-0.39, 0.29) is 11.5 Å². The number of hydrogen-bond acceptors (Lipinski definition) is 1. The maximum atomic E-state index is 3.45. The van der Waals surface area contributed by atoms with Crippen molar-refractivity contribution in [2.45, 2.75) is 32.2 Å². The lowest BCUT2D eigenvalue weighted by molar-refractivity contribution is 0.567. The lowest BCUT2D eigenvalue weighted by Crippen LogP contribution is -2.23. The Hall–Kier alpha value is -1.60. The van der Waals surface area contributed by atoms with E-state index in [9.17, 15) is 0 Å². The highest BCUT2D eigenvalue weighted by Gasteiger charge is 2.22. The second-order valence-corrected chi connectivity index (χ2v) is 5.97. The molecule has 1 N–H and O–H groups in total. The van der Waals surface area contributed by atoms with Crippen LogP contribution in [0.1, 0.15) is 43.5 Å². The normalized spacial score (nSPS) is 13.3. The first-order valence-corrected chi connectivity index (χ1v) is 6.85. The lowest BCUT2D eigenvalue weighted by atomic mass is 9.80.